The number of urea groups is 1. The molecule has 0 unspecified atom stereocenters. The molecule has 0 aliphatic heterocycles. The van der Waals surface area contributed by atoms with Gasteiger partial charge in [0.1, 0.15) is 22.7 Å². The van der Waals surface area contributed by atoms with Crippen molar-refractivity contribution in [2.75, 3.05) is 11.9 Å². The van der Waals surface area contributed by atoms with Crippen molar-refractivity contribution in [2.24, 2.45) is 7.05 Å². The van der Waals surface area contributed by atoms with Crippen LogP contribution < -0.4 is 10.6 Å². The summed E-state index contributed by atoms with van der Waals surface area (Å²) in [5, 5.41) is 13.1. The SMILES string of the molecule is C=CCNC(=O)Nc1ccc2ncc(-c3cn(C)nn3)nc2n1. The molecule has 2 amide bonds. The molecule has 0 bridgehead atoms. The zero-order valence-electron chi connectivity index (χ0n) is 12.4. The number of pyridine rings is 1. The Labute approximate surface area is 131 Å². The lowest BCUT2D eigenvalue weighted by molar-refractivity contribution is 0.253. The Hall–Kier alpha value is -3.36. The number of carbonyl (C=O) groups is 1. The van der Waals surface area contributed by atoms with E-state index in [1.807, 2.05) is 0 Å². The van der Waals surface area contributed by atoms with Crippen molar-refractivity contribution in [3.05, 3.63) is 37.2 Å². The maximum absolute atomic E-state index is 11.6. The lowest BCUT2D eigenvalue weighted by Crippen LogP contribution is -2.28. The van der Waals surface area contributed by atoms with Crippen molar-refractivity contribution in [1.29, 1.82) is 0 Å². The highest BCUT2D eigenvalue weighted by molar-refractivity contribution is 5.89. The molecule has 3 aromatic heterocycles. The quantitative estimate of drug-likeness (QED) is 0.699. The van der Waals surface area contributed by atoms with Gasteiger partial charge >= 0.3 is 6.03 Å². The van der Waals surface area contributed by atoms with Crippen LogP contribution in [0.4, 0.5) is 10.6 Å². The molecule has 0 aliphatic carbocycles. The molecule has 3 heterocycles. The number of aromatic nitrogens is 6. The van der Waals surface area contributed by atoms with E-state index in [1.54, 1.807) is 42.3 Å². The number of carbonyl (C=O) groups excluding carboxylic acids is 1. The fourth-order valence-electron chi connectivity index (χ4n) is 1.88. The highest BCUT2D eigenvalue weighted by Crippen LogP contribution is 2.17. The summed E-state index contributed by atoms with van der Waals surface area (Å²) >= 11 is 0. The molecule has 0 saturated heterocycles. The first-order valence-electron chi connectivity index (χ1n) is 6.82. The molecule has 0 aliphatic rings. The van der Waals surface area contributed by atoms with Crippen LogP contribution >= 0.6 is 0 Å². The molecule has 23 heavy (non-hydrogen) atoms. The largest absolute Gasteiger partial charge is 0.334 e. The Morgan fingerprint density at radius 1 is 1.35 bits per heavy atom. The number of amides is 2. The van der Waals surface area contributed by atoms with E-state index < -0.39 is 0 Å². The Morgan fingerprint density at radius 3 is 2.96 bits per heavy atom. The Balaban J connectivity index is 1.88. The monoisotopic (exact) mass is 310 g/mol. The highest BCUT2D eigenvalue weighted by atomic mass is 16.2. The first-order valence-corrected chi connectivity index (χ1v) is 6.82. The van der Waals surface area contributed by atoms with E-state index in [0.29, 0.717) is 34.9 Å². The summed E-state index contributed by atoms with van der Waals surface area (Å²) in [7, 11) is 1.77. The van der Waals surface area contributed by atoms with Gasteiger partial charge < -0.3 is 5.32 Å². The maximum Gasteiger partial charge on any atom is 0.320 e. The lowest BCUT2D eigenvalue weighted by Gasteiger charge is -2.06. The molecular formula is C14H14N8O. The van der Waals surface area contributed by atoms with Crippen LogP contribution in [0.2, 0.25) is 0 Å². The Morgan fingerprint density at radius 2 is 2.22 bits per heavy atom. The molecule has 3 aromatic rings. The van der Waals surface area contributed by atoms with Crippen LogP contribution in [0.5, 0.6) is 0 Å². The average Bonchev–Trinajstić information content (AvgIpc) is 2.99. The van der Waals surface area contributed by atoms with Gasteiger partial charge in [0.25, 0.3) is 0 Å². The smallest absolute Gasteiger partial charge is 0.320 e. The molecular weight excluding hydrogens is 296 g/mol. The molecule has 2 N–H and O–H groups in total. The molecule has 9 heteroatoms. The number of nitrogens with zero attached hydrogens (tertiary/aromatic N) is 6. The minimum atomic E-state index is -0.366. The van der Waals surface area contributed by atoms with Crippen molar-refractivity contribution in [1.82, 2.24) is 35.3 Å². The van der Waals surface area contributed by atoms with Crippen molar-refractivity contribution in [3.63, 3.8) is 0 Å². The normalized spacial score (nSPS) is 10.5. The molecule has 0 radical (unpaired) electrons. The summed E-state index contributed by atoms with van der Waals surface area (Å²) < 4.78 is 1.58. The van der Waals surface area contributed by atoms with Crippen LogP contribution in [0.15, 0.2) is 37.2 Å². The van der Waals surface area contributed by atoms with Crippen LogP contribution in [-0.2, 0) is 7.05 Å². The first kappa shape index (κ1) is 14.6. The highest BCUT2D eigenvalue weighted by Gasteiger charge is 2.09. The van der Waals surface area contributed by atoms with E-state index >= 15 is 0 Å². The van der Waals surface area contributed by atoms with Crippen LogP contribution in [-0.4, -0.2) is 42.5 Å². The third-order valence-electron chi connectivity index (χ3n) is 2.92. The van der Waals surface area contributed by atoms with Crippen molar-refractivity contribution in [2.45, 2.75) is 0 Å². The predicted molar refractivity (Wildman–Crippen MR) is 84.5 cm³/mol. The summed E-state index contributed by atoms with van der Waals surface area (Å²) in [6.45, 7) is 3.90. The van der Waals surface area contributed by atoms with Gasteiger partial charge in [0.2, 0.25) is 0 Å². The third kappa shape index (κ3) is 3.28. The molecule has 0 atom stereocenters. The second kappa shape index (κ2) is 6.18. The summed E-state index contributed by atoms with van der Waals surface area (Å²) in [6, 6.07) is 3.03. The second-order valence-electron chi connectivity index (χ2n) is 4.70. The van der Waals surface area contributed by atoms with Crippen LogP contribution in [0.3, 0.4) is 0 Å². The number of anilines is 1. The molecule has 0 fully saturated rings. The third-order valence-corrected chi connectivity index (χ3v) is 2.92. The number of nitrogens with one attached hydrogen (secondary N) is 2. The van der Waals surface area contributed by atoms with Crippen molar-refractivity contribution < 1.29 is 4.79 Å². The summed E-state index contributed by atoms with van der Waals surface area (Å²) in [6.07, 6.45) is 4.94. The van der Waals surface area contributed by atoms with Crippen LogP contribution in [0.1, 0.15) is 0 Å². The lowest BCUT2D eigenvalue weighted by atomic mass is 10.3. The van der Waals surface area contributed by atoms with Crippen molar-refractivity contribution in [3.8, 4) is 11.4 Å². The average molecular weight is 310 g/mol. The molecule has 0 spiro atoms. The molecule has 9 nitrogen and oxygen atoms in total. The maximum atomic E-state index is 11.6. The minimum absolute atomic E-state index is 0.366. The second-order valence-corrected chi connectivity index (χ2v) is 4.70. The fourth-order valence-corrected chi connectivity index (χ4v) is 1.88. The number of hydrogen-bond donors (Lipinski definition) is 2. The molecule has 116 valence electrons. The van der Waals surface area contributed by atoms with Gasteiger partial charge in [0.05, 0.1) is 12.4 Å². The topological polar surface area (TPSA) is 111 Å². The van der Waals surface area contributed by atoms with Gasteiger partial charge in [-0.3, -0.25) is 15.0 Å². The van der Waals surface area contributed by atoms with E-state index in [-0.39, 0.29) is 6.03 Å². The van der Waals surface area contributed by atoms with Gasteiger partial charge in [-0.2, -0.15) is 0 Å². The van der Waals surface area contributed by atoms with E-state index in [0.717, 1.165) is 0 Å². The van der Waals surface area contributed by atoms with Gasteiger partial charge in [-0.15, -0.1) is 11.7 Å². The predicted octanol–water partition coefficient (Wildman–Crippen LogP) is 1.13. The van der Waals surface area contributed by atoms with Gasteiger partial charge in [0, 0.05) is 13.6 Å². The van der Waals surface area contributed by atoms with Gasteiger partial charge in [-0.1, -0.05) is 11.3 Å². The summed E-state index contributed by atoms with van der Waals surface area (Å²) in [5.74, 6) is 0.379. The zero-order chi connectivity index (χ0) is 16.2. The number of hydrogen-bond acceptors (Lipinski definition) is 6. The zero-order valence-corrected chi connectivity index (χ0v) is 12.4. The van der Waals surface area contributed by atoms with E-state index in [2.05, 4.69) is 42.5 Å². The number of fused-ring (bicyclic) bond motifs is 1. The summed E-state index contributed by atoms with van der Waals surface area (Å²) in [5.41, 5.74) is 2.20. The van der Waals surface area contributed by atoms with E-state index in [9.17, 15) is 4.79 Å². The number of aryl methyl sites for hydroxylation is 1. The van der Waals surface area contributed by atoms with E-state index in [1.165, 1.54) is 0 Å². The van der Waals surface area contributed by atoms with Crippen LogP contribution in [0, 0.1) is 0 Å². The molecule has 0 aromatic carbocycles. The Kier molecular flexibility index (Phi) is 3.91. The van der Waals surface area contributed by atoms with Gasteiger partial charge in [-0.05, 0) is 12.1 Å². The Bertz CT molecular complexity index is 872. The molecule has 0 saturated carbocycles. The fraction of sp³-hybridized carbons (Fsp3) is 0.143. The minimum Gasteiger partial charge on any atom is -0.334 e. The van der Waals surface area contributed by atoms with Gasteiger partial charge in [-0.25, -0.2) is 14.8 Å². The molecule has 3 rings (SSSR count). The first-order chi connectivity index (χ1) is 11.2. The van der Waals surface area contributed by atoms with E-state index in [4.69, 9.17) is 0 Å². The van der Waals surface area contributed by atoms with Crippen LogP contribution in [0.25, 0.3) is 22.6 Å². The van der Waals surface area contributed by atoms with Crippen molar-refractivity contribution >= 4 is 23.0 Å². The summed E-state index contributed by atoms with van der Waals surface area (Å²) in [4.78, 5) is 24.6. The standard InChI is InChI=1S/C14H14N8O/c1-3-6-15-14(23)19-12-5-4-9-13(18-12)17-10(7-16-9)11-8-22(2)21-20-11/h3-5,7-8H,1,6H2,2H3,(H2,15,17,18,19,23). The van der Waals surface area contributed by atoms with Gasteiger partial charge in [0.15, 0.2) is 5.65 Å². The number of rotatable bonds is 4.